The monoisotopic (exact) mass is 371 g/mol. The maximum Gasteiger partial charge on any atom is 0.339 e. The average Bonchev–Trinajstić information content (AvgIpc) is 2.62. The molecule has 0 bridgehead atoms. The summed E-state index contributed by atoms with van der Waals surface area (Å²) in [4.78, 5) is 26.2. The van der Waals surface area contributed by atoms with Crippen molar-refractivity contribution in [3.63, 3.8) is 0 Å². The van der Waals surface area contributed by atoms with Crippen LogP contribution in [0.15, 0.2) is 47.4 Å². The number of nitrogens with one attached hydrogen (secondary N) is 1. The van der Waals surface area contributed by atoms with Gasteiger partial charge in [0.2, 0.25) is 0 Å². The quantitative estimate of drug-likeness (QED) is 0.819. The van der Waals surface area contributed by atoms with Gasteiger partial charge in [0, 0.05) is 17.1 Å². The molecule has 1 N–H and O–H groups in total. The van der Waals surface area contributed by atoms with Gasteiger partial charge < -0.3 is 10.1 Å². The van der Waals surface area contributed by atoms with Gasteiger partial charge in [-0.2, -0.15) is 0 Å². The first kappa shape index (κ1) is 17.1. The Hall–Kier alpha value is -2.34. The lowest BCUT2D eigenvalue weighted by Gasteiger charge is -2.35. The van der Waals surface area contributed by atoms with Crippen LogP contribution in [-0.4, -0.2) is 23.2 Å². The second-order valence-electron chi connectivity index (χ2n) is 6.80. The number of benzene rings is 2. The number of carbonyl (C=O) groups is 2. The first-order valence-corrected chi connectivity index (χ1v) is 9.49. The number of carbonyl (C=O) groups excluding carboxylic acids is 2. The van der Waals surface area contributed by atoms with Gasteiger partial charge in [-0.15, -0.1) is 11.8 Å². The highest BCUT2D eigenvalue weighted by Crippen LogP contribution is 2.37. The second kappa shape index (κ2) is 6.43. The molecule has 2 heterocycles. The Kier molecular flexibility index (Phi) is 4.23. The summed E-state index contributed by atoms with van der Waals surface area (Å²) >= 11 is 1.65. The summed E-state index contributed by atoms with van der Waals surface area (Å²) in [5.41, 5.74) is 0.802. The van der Waals surface area contributed by atoms with E-state index in [0.717, 1.165) is 21.8 Å². The fraction of sp³-hybridized carbons (Fsp3) is 0.300. The SMILES string of the molecule is CC1(C(=O)NC2CCSc3ccc(F)cc32)Cc2ccccc2C(=O)O1. The van der Waals surface area contributed by atoms with Crippen molar-refractivity contribution < 1.29 is 18.7 Å². The lowest BCUT2D eigenvalue weighted by Crippen LogP contribution is -2.52. The summed E-state index contributed by atoms with van der Waals surface area (Å²) in [5, 5.41) is 2.97. The molecule has 2 aliphatic rings. The minimum absolute atomic E-state index is 0.290. The average molecular weight is 371 g/mol. The van der Waals surface area contributed by atoms with Gasteiger partial charge >= 0.3 is 5.97 Å². The van der Waals surface area contributed by atoms with Crippen molar-refractivity contribution in [3.05, 3.63) is 65.0 Å². The van der Waals surface area contributed by atoms with Crippen LogP contribution < -0.4 is 5.32 Å². The molecule has 2 aromatic carbocycles. The zero-order valence-corrected chi connectivity index (χ0v) is 15.1. The zero-order chi connectivity index (χ0) is 18.3. The Morgan fingerprint density at radius 3 is 2.96 bits per heavy atom. The summed E-state index contributed by atoms with van der Waals surface area (Å²) in [5.74, 6) is -0.333. The molecule has 2 unspecified atom stereocenters. The summed E-state index contributed by atoms with van der Waals surface area (Å²) in [6.07, 6.45) is 1.02. The summed E-state index contributed by atoms with van der Waals surface area (Å²) in [6.45, 7) is 1.63. The molecule has 4 rings (SSSR count). The Labute approximate surface area is 155 Å². The Morgan fingerprint density at radius 1 is 1.31 bits per heavy atom. The fourth-order valence-corrected chi connectivity index (χ4v) is 4.59. The van der Waals surface area contributed by atoms with Crippen LogP contribution in [0.4, 0.5) is 4.39 Å². The van der Waals surface area contributed by atoms with Gasteiger partial charge in [-0.05, 0) is 48.7 Å². The van der Waals surface area contributed by atoms with Crippen LogP contribution in [0.25, 0.3) is 0 Å². The molecule has 2 aromatic rings. The van der Waals surface area contributed by atoms with Crippen molar-refractivity contribution in [1.29, 1.82) is 0 Å². The molecule has 0 fully saturated rings. The maximum atomic E-state index is 13.7. The molecule has 0 saturated heterocycles. The smallest absolute Gasteiger partial charge is 0.339 e. The maximum absolute atomic E-state index is 13.7. The van der Waals surface area contributed by atoms with Gasteiger partial charge in [0.25, 0.3) is 5.91 Å². The van der Waals surface area contributed by atoms with Crippen molar-refractivity contribution in [3.8, 4) is 0 Å². The largest absolute Gasteiger partial charge is 0.445 e. The molecule has 0 aromatic heterocycles. The predicted molar refractivity (Wildman–Crippen MR) is 96.6 cm³/mol. The van der Waals surface area contributed by atoms with Crippen molar-refractivity contribution in [2.45, 2.75) is 36.3 Å². The molecule has 0 radical (unpaired) electrons. The van der Waals surface area contributed by atoms with Crippen LogP contribution in [0.2, 0.25) is 0 Å². The van der Waals surface area contributed by atoms with Crippen LogP contribution in [0.5, 0.6) is 0 Å². The molecule has 0 aliphatic carbocycles. The number of hydrogen-bond acceptors (Lipinski definition) is 4. The standard InChI is InChI=1S/C20H18FNO3S/c1-20(11-12-4-2-3-5-14(12)18(23)25-20)19(24)22-16-8-9-26-17-7-6-13(21)10-15(16)17/h2-7,10,16H,8-9,11H2,1H3,(H,22,24). The van der Waals surface area contributed by atoms with E-state index in [1.807, 2.05) is 12.1 Å². The van der Waals surface area contributed by atoms with E-state index in [1.165, 1.54) is 12.1 Å². The highest BCUT2D eigenvalue weighted by atomic mass is 32.2. The number of cyclic esters (lactones) is 1. The molecular formula is C20H18FNO3S. The first-order chi connectivity index (χ1) is 12.5. The van der Waals surface area contributed by atoms with Gasteiger partial charge in [0.05, 0.1) is 11.6 Å². The minimum Gasteiger partial charge on any atom is -0.445 e. The Bertz CT molecular complexity index is 900. The molecule has 1 amide bonds. The summed E-state index contributed by atoms with van der Waals surface area (Å²) < 4.78 is 19.1. The number of fused-ring (bicyclic) bond motifs is 2. The van der Waals surface area contributed by atoms with Crippen LogP contribution in [0, 0.1) is 5.82 Å². The lowest BCUT2D eigenvalue weighted by atomic mass is 9.88. The van der Waals surface area contributed by atoms with E-state index in [-0.39, 0.29) is 17.8 Å². The Balaban J connectivity index is 1.58. The fourth-order valence-electron chi connectivity index (χ4n) is 3.49. The summed E-state index contributed by atoms with van der Waals surface area (Å²) in [6, 6.07) is 11.5. The van der Waals surface area contributed by atoms with Crippen molar-refractivity contribution >= 4 is 23.6 Å². The van der Waals surface area contributed by atoms with Gasteiger partial charge in [-0.25, -0.2) is 9.18 Å². The van der Waals surface area contributed by atoms with E-state index >= 15 is 0 Å². The molecule has 2 aliphatic heterocycles. The number of halogens is 1. The molecule has 4 nitrogen and oxygen atoms in total. The highest BCUT2D eigenvalue weighted by Gasteiger charge is 2.43. The first-order valence-electron chi connectivity index (χ1n) is 8.51. The lowest BCUT2D eigenvalue weighted by molar-refractivity contribution is -0.140. The van der Waals surface area contributed by atoms with Crippen molar-refractivity contribution in [2.75, 3.05) is 5.75 Å². The molecule has 26 heavy (non-hydrogen) atoms. The van der Waals surface area contributed by atoms with E-state index < -0.39 is 11.6 Å². The second-order valence-corrected chi connectivity index (χ2v) is 7.94. The topological polar surface area (TPSA) is 55.4 Å². The normalized spacial score (nSPS) is 24.2. The molecular weight excluding hydrogens is 353 g/mol. The van der Waals surface area contributed by atoms with E-state index in [1.54, 1.807) is 36.9 Å². The van der Waals surface area contributed by atoms with E-state index in [9.17, 15) is 14.0 Å². The van der Waals surface area contributed by atoms with Gasteiger partial charge in [0.1, 0.15) is 5.82 Å². The Morgan fingerprint density at radius 2 is 2.12 bits per heavy atom. The van der Waals surface area contributed by atoms with Gasteiger partial charge in [-0.3, -0.25) is 4.79 Å². The number of amides is 1. The van der Waals surface area contributed by atoms with Gasteiger partial charge in [0.15, 0.2) is 5.60 Å². The number of ether oxygens (including phenoxy) is 1. The molecule has 0 spiro atoms. The van der Waals surface area contributed by atoms with Crippen LogP contribution in [0.3, 0.4) is 0 Å². The highest BCUT2D eigenvalue weighted by molar-refractivity contribution is 7.99. The van der Waals surface area contributed by atoms with E-state index in [4.69, 9.17) is 4.74 Å². The van der Waals surface area contributed by atoms with Crippen LogP contribution in [0.1, 0.15) is 40.9 Å². The number of hydrogen-bond donors (Lipinski definition) is 1. The molecule has 2 atom stereocenters. The number of esters is 1. The number of thioether (sulfide) groups is 1. The molecule has 0 saturated carbocycles. The predicted octanol–water partition coefficient (Wildman–Crippen LogP) is 3.65. The number of rotatable bonds is 2. The van der Waals surface area contributed by atoms with Crippen LogP contribution in [-0.2, 0) is 16.0 Å². The third-order valence-electron chi connectivity index (χ3n) is 4.88. The molecule has 134 valence electrons. The van der Waals surface area contributed by atoms with E-state index in [2.05, 4.69) is 5.32 Å². The van der Waals surface area contributed by atoms with Crippen molar-refractivity contribution in [1.82, 2.24) is 5.32 Å². The minimum atomic E-state index is -1.27. The van der Waals surface area contributed by atoms with Crippen LogP contribution >= 0.6 is 11.8 Å². The van der Waals surface area contributed by atoms with E-state index in [0.29, 0.717) is 18.4 Å². The summed E-state index contributed by atoms with van der Waals surface area (Å²) in [7, 11) is 0. The third-order valence-corrected chi connectivity index (χ3v) is 6.00. The molecule has 6 heteroatoms. The third kappa shape index (κ3) is 2.98. The van der Waals surface area contributed by atoms with Gasteiger partial charge in [-0.1, -0.05) is 18.2 Å². The van der Waals surface area contributed by atoms with Crippen molar-refractivity contribution in [2.24, 2.45) is 0 Å². The zero-order valence-electron chi connectivity index (χ0n) is 14.3.